The molecule has 3 rings (SSSR count). The van der Waals surface area contributed by atoms with Crippen LogP contribution in [0.25, 0.3) is 0 Å². The molecule has 170 valence electrons. The van der Waals surface area contributed by atoms with Gasteiger partial charge in [-0.2, -0.15) is 0 Å². The molecule has 2 aromatic rings. The van der Waals surface area contributed by atoms with E-state index in [9.17, 15) is 22.8 Å². The highest BCUT2D eigenvalue weighted by molar-refractivity contribution is 7.90. The lowest BCUT2D eigenvalue weighted by atomic mass is 10.1. The number of rotatable bonds is 8. The van der Waals surface area contributed by atoms with Crippen molar-refractivity contribution in [2.75, 3.05) is 13.1 Å². The van der Waals surface area contributed by atoms with Crippen LogP contribution in [0.2, 0.25) is 5.02 Å². The van der Waals surface area contributed by atoms with Crippen LogP contribution in [0, 0.1) is 0 Å². The van der Waals surface area contributed by atoms with Gasteiger partial charge in [-0.25, -0.2) is 12.7 Å². The number of benzene rings is 2. The number of nitrogens with zero attached hydrogens (tertiary/aromatic N) is 2. The first-order chi connectivity index (χ1) is 15.2. The lowest BCUT2D eigenvalue weighted by Crippen LogP contribution is -2.51. The SMILES string of the molecule is CCCNC(=O)[C@H](C)N(Cc1cccc(Cl)c1)C(=O)CN1C(=O)c2ccccc2S1(=O)=O. The quantitative estimate of drug-likeness (QED) is 0.628. The second-order valence-corrected chi connectivity index (χ2v) is 9.70. The molecule has 1 N–H and O–H groups in total. The van der Waals surface area contributed by atoms with E-state index >= 15 is 0 Å². The highest BCUT2D eigenvalue weighted by Crippen LogP contribution is 2.30. The normalized spacial score (nSPS) is 15.2. The predicted octanol–water partition coefficient (Wildman–Crippen LogP) is 2.43. The van der Waals surface area contributed by atoms with Gasteiger partial charge in [0.2, 0.25) is 11.8 Å². The van der Waals surface area contributed by atoms with Crippen LogP contribution >= 0.6 is 11.6 Å². The first-order valence-corrected chi connectivity index (χ1v) is 12.0. The van der Waals surface area contributed by atoms with Gasteiger partial charge in [-0.1, -0.05) is 42.8 Å². The Morgan fingerprint density at radius 3 is 2.53 bits per heavy atom. The fourth-order valence-corrected chi connectivity index (χ4v) is 5.14. The molecule has 0 saturated heterocycles. The molecule has 1 heterocycles. The van der Waals surface area contributed by atoms with Crippen LogP contribution in [0.15, 0.2) is 53.4 Å². The van der Waals surface area contributed by atoms with Crippen LogP contribution in [0.3, 0.4) is 0 Å². The highest BCUT2D eigenvalue weighted by atomic mass is 35.5. The van der Waals surface area contributed by atoms with E-state index in [1.807, 2.05) is 6.92 Å². The number of hydrogen-bond donors (Lipinski definition) is 1. The third-order valence-corrected chi connectivity index (χ3v) is 7.17. The highest BCUT2D eigenvalue weighted by Gasteiger charge is 2.43. The maximum Gasteiger partial charge on any atom is 0.269 e. The number of carbonyl (C=O) groups is 3. The summed E-state index contributed by atoms with van der Waals surface area (Å²) in [6, 6.07) is 11.7. The number of carbonyl (C=O) groups excluding carboxylic acids is 3. The zero-order valence-electron chi connectivity index (χ0n) is 17.7. The summed E-state index contributed by atoms with van der Waals surface area (Å²) in [5, 5.41) is 3.20. The van der Waals surface area contributed by atoms with Gasteiger partial charge in [0.25, 0.3) is 15.9 Å². The van der Waals surface area contributed by atoms with E-state index in [1.54, 1.807) is 37.3 Å². The molecule has 0 aromatic heterocycles. The van der Waals surface area contributed by atoms with Crippen molar-refractivity contribution in [2.24, 2.45) is 0 Å². The van der Waals surface area contributed by atoms with Crippen molar-refractivity contribution in [3.8, 4) is 0 Å². The van der Waals surface area contributed by atoms with Gasteiger partial charge in [-0.05, 0) is 43.2 Å². The summed E-state index contributed by atoms with van der Waals surface area (Å²) in [4.78, 5) is 39.6. The Morgan fingerprint density at radius 1 is 1.16 bits per heavy atom. The van der Waals surface area contributed by atoms with Gasteiger partial charge in [-0.15, -0.1) is 0 Å². The van der Waals surface area contributed by atoms with Crippen molar-refractivity contribution in [3.63, 3.8) is 0 Å². The second kappa shape index (κ2) is 9.70. The van der Waals surface area contributed by atoms with E-state index in [0.717, 1.165) is 6.42 Å². The van der Waals surface area contributed by atoms with E-state index in [2.05, 4.69) is 5.32 Å². The minimum absolute atomic E-state index is 0.0229. The van der Waals surface area contributed by atoms with Gasteiger partial charge < -0.3 is 10.2 Å². The summed E-state index contributed by atoms with van der Waals surface area (Å²) in [5.74, 6) is -1.81. The molecule has 0 aliphatic carbocycles. The van der Waals surface area contributed by atoms with E-state index in [1.165, 1.54) is 23.1 Å². The largest absolute Gasteiger partial charge is 0.354 e. The van der Waals surface area contributed by atoms with Crippen molar-refractivity contribution in [2.45, 2.75) is 37.8 Å². The Hall–Kier alpha value is -2.91. The predicted molar refractivity (Wildman–Crippen MR) is 119 cm³/mol. The van der Waals surface area contributed by atoms with E-state index in [-0.39, 0.29) is 22.9 Å². The Kier molecular flexibility index (Phi) is 7.20. The van der Waals surface area contributed by atoms with E-state index in [4.69, 9.17) is 11.6 Å². The van der Waals surface area contributed by atoms with Gasteiger partial charge >= 0.3 is 0 Å². The van der Waals surface area contributed by atoms with Crippen molar-refractivity contribution in [1.29, 1.82) is 0 Å². The Bertz CT molecular complexity index is 1150. The molecule has 1 aliphatic heterocycles. The van der Waals surface area contributed by atoms with E-state index in [0.29, 0.717) is 21.4 Å². The molecule has 0 saturated carbocycles. The summed E-state index contributed by atoms with van der Waals surface area (Å²) < 4.78 is 26.2. The average Bonchev–Trinajstić information content (AvgIpc) is 2.96. The number of hydrogen-bond acceptors (Lipinski definition) is 5. The maximum absolute atomic E-state index is 13.2. The Morgan fingerprint density at radius 2 is 1.88 bits per heavy atom. The standard InChI is InChI=1S/C22H24ClN3O5S/c1-3-11-24-21(28)15(2)25(13-16-7-6-8-17(23)12-16)20(27)14-26-22(29)18-9-4-5-10-19(18)32(26,30)31/h4-10,12,15H,3,11,13-14H2,1-2H3,(H,24,28)/t15-/m0/s1. The van der Waals surface area contributed by atoms with Crippen LogP contribution in [0.5, 0.6) is 0 Å². The van der Waals surface area contributed by atoms with Crippen molar-refractivity contribution >= 4 is 39.3 Å². The molecule has 1 aliphatic rings. The molecule has 0 spiro atoms. The molecule has 10 heteroatoms. The number of halogens is 1. The number of nitrogens with one attached hydrogen (secondary N) is 1. The Labute approximate surface area is 192 Å². The van der Waals surface area contributed by atoms with Gasteiger partial charge in [0.15, 0.2) is 0 Å². The fourth-order valence-electron chi connectivity index (χ4n) is 3.41. The van der Waals surface area contributed by atoms with Crippen LogP contribution in [0.4, 0.5) is 0 Å². The molecule has 0 fully saturated rings. The maximum atomic E-state index is 13.2. The summed E-state index contributed by atoms with van der Waals surface area (Å²) in [6.45, 7) is 3.22. The number of amides is 3. The summed E-state index contributed by atoms with van der Waals surface area (Å²) in [6.07, 6.45) is 0.722. The second-order valence-electron chi connectivity index (χ2n) is 7.43. The molecule has 8 nitrogen and oxygen atoms in total. The van der Waals surface area contributed by atoms with Crippen LogP contribution in [-0.2, 0) is 26.2 Å². The topological polar surface area (TPSA) is 104 Å². The van der Waals surface area contributed by atoms with Crippen LogP contribution in [0.1, 0.15) is 36.2 Å². The molecular formula is C22H24ClN3O5S. The van der Waals surface area contributed by atoms with Gasteiger partial charge in [0.1, 0.15) is 17.5 Å². The first kappa shape index (κ1) is 23.7. The van der Waals surface area contributed by atoms with Crippen molar-refractivity contribution < 1.29 is 22.8 Å². The van der Waals surface area contributed by atoms with Crippen molar-refractivity contribution in [1.82, 2.24) is 14.5 Å². The van der Waals surface area contributed by atoms with Crippen LogP contribution < -0.4 is 5.32 Å². The summed E-state index contributed by atoms with van der Waals surface area (Å²) in [7, 11) is -4.15. The zero-order valence-corrected chi connectivity index (χ0v) is 19.3. The van der Waals surface area contributed by atoms with Gasteiger partial charge in [0, 0.05) is 18.1 Å². The molecule has 0 bridgehead atoms. The first-order valence-electron chi connectivity index (χ1n) is 10.1. The molecule has 2 aromatic carbocycles. The van der Waals surface area contributed by atoms with Crippen molar-refractivity contribution in [3.05, 3.63) is 64.7 Å². The Balaban J connectivity index is 1.88. The number of sulfonamides is 1. The minimum atomic E-state index is -4.15. The molecular weight excluding hydrogens is 454 g/mol. The number of fused-ring (bicyclic) bond motifs is 1. The van der Waals surface area contributed by atoms with Gasteiger partial charge in [0.05, 0.1) is 5.56 Å². The fraction of sp³-hybridized carbons (Fsp3) is 0.318. The lowest BCUT2D eigenvalue weighted by Gasteiger charge is -2.30. The third-order valence-electron chi connectivity index (χ3n) is 5.15. The molecule has 0 radical (unpaired) electrons. The molecule has 0 unspecified atom stereocenters. The van der Waals surface area contributed by atoms with E-state index < -0.39 is 34.4 Å². The summed E-state index contributed by atoms with van der Waals surface area (Å²) in [5.41, 5.74) is 0.690. The molecule has 3 amide bonds. The molecule has 32 heavy (non-hydrogen) atoms. The lowest BCUT2D eigenvalue weighted by molar-refractivity contribution is -0.140. The van der Waals surface area contributed by atoms with Gasteiger partial charge in [-0.3, -0.25) is 14.4 Å². The zero-order chi connectivity index (χ0) is 23.5. The smallest absolute Gasteiger partial charge is 0.269 e. The molecule has 1 atom stereocenters. The van der Waals surface area contributed by atoms with Crippen LogP contribution in [-0.4, -0.2) is 54.5 Å². The average molecular weight is 478 g/mol. The monoisotopic (exact) mass is 477 g/mol. The summed E-state index contributed by atoms with van der Waals surface area (Å²) >= 11 is 6.05. The minimum Gasteiger partial charge on any atom is -0.354 e. The third kappa shape index (κ3) is 4.78.